The van der Waals surface area contributed by atoms with E-state index in [-0.39, 0.29) is 6.03 Å². The maximum Gasteiger partial charge on any atom is 0.321 e. The van der Waals surface area contributed by atoms with Gasteiger partial charge in [0.25, 0.3) is 0 Å². The van der Waals surface area contributed by atoms with Crippen molar-refractivity contribution in [2.24, 2.45) is 0 Å². The van der Waals surface area contributed by atoms with E-state index in [2.05, 4.69) is 5.32 Å². The third-order valence-electron chi connectivity index (χ3n) is 2.14. The van der Waals surface area contributed by atoms with Gasteiger partial charge in [-0.05, 0) is 11.6 Å². The fourth-order valence-corrected chi connectivity index (χ4v) is 1.37. The van der Waals surface area contributed by atoms with Crippen LogP contribution in [-0.4, -0.2) is 24.0 Å². The molecule has 2 amide bonds. The van der Waals surface area contributed by atoms with Crippen molar-refractivity contribution in [3.05, 3.63) is 42.1 Å². The number of carbonyl (C=O) groups is 1. The minimum Gasteiger partial charge on any atom is -0.336 e. The summed E-state index contributed by atoms with van der Waals surface area (Å²) in [5.41, 5.74) is 1.10. The van der Waals surface area contributed by atoms with E-state index in [9.17, 15) is 4.79 Å². The van der Waals surface area contributed by atoms with E-state index in [1.165, 1.54) is 0 Å². The summed E-state index contributed by atoms with van der Waals surface area (Å²) in [6, 6.07) is 9.92. The molecule has 1 saturated heterocycles. The van der Waals surface area contributed by atoms with E-state index in [0.717, 1.165) is 18.7 Å². The summed E-state index contributed by atoms with van der Waals surface area (Å²) in [7, 11) is 0. The Kier molecular flexibility index (Phi) is 2.49. The third kappa shape index (κ3) is 1.93. The first-order chi connectivity index (χ1) is 6.86. The molecule has 0 radical (unpaired) electrons. The quantitative estimate of drug-likeness (QED) is 0.752. The zero-order chi connectivity index (χ0) is 9.80. The van der Waals surface area contributed by atoms with Crippen molar-refractivity contribution in [1.29, 1.82) is 0 Å². The summed E-state index contributed by atoms with van der Waals surface area (Å²) in [5, 5.41) is 2.74. The van der Waals surface area contributed by atoms with E-state index in [1.807, 2.05) is 42.6 Å². The lowest BCUT2D eigenvalue weighted by molar-refractivity contribution is 0.230. The van der Waals surface area contributed by atoms with Gasteiger partial charge < -0.3 is 5.32 Å². The lowest BCUT2D eigenvalue weighted by atomic mass is 10.2. The standard InChI is InChI=1S/C11H12N2O/c14-11-12-7-9-13(11)8-6-10-4-2-1-3-5-10/h1-6,8H,7,9H2,(H,12,14)/b8-6+. The molecule has 0 bridgehead atoms. The lowest BCUT2D eigenvalue weighted by Crippen LogP contribution is -2.22. The SMILES string of the molecule is O=C1NCCN1/C=C/c1ccccc1. The van der Waals surface area contributed by atoms with Gasteiger partial charge in [0.05, 0.1) is 0 Å². The average molecular weight is 188 g/mol. The Morgan fingerprint density at radius 2 is 2.07 bits per heavy atom. The van der Waals surface area contributed by atoms with Crippen molar-refractivity contribution in [2.75, 3.05) is 13.1 Å². The van der Waals surface area contributed by atoms with Crippen LogP contribution in [-0.2, 0) is 0 Å². The van der Waals surface area contributed by atoms with E-state index in [0.29, 0.717) is 0 Å². The van der Waals surface area contributed by atoms with Crippen LogP contribution in [0.4, 0.5) is 4.79 Å². The van der Waals surface area contributed by atoms with Gasteiger partial charge in [-0.2, -0.15) is 0 Å². The Morgan fingerprint density at radius 3 is 2.71 bits per heavy atom. The summed E-state index contributed by atoms with van der Waals surface area (Å²) < 4.78 is 0. The Balaban J connectivity index is 2.03. The molecule has 0 aliphatic carbocycles. The molecule has 1 fully saturated rings. The number of hydrogen-bond acceptors (Lipinski definition) is 1. The molecule has 3 heteroatoms. The van der Waals surface area contributed by atoms with Gasteiger partial charge in [0, 0.05) is 19.3 Å². The second kappa shape index (κ2) is 3.96. The molecule has 1 aromatic carbocycles. The Bertz CT molecular complexity index is 346. The fraction of sp³-hybridized carbons (Fsp3) is 0.182. The maximum atomic E-state index is 11.2. The van der Waals surface area contributed by atoms with Gasteiger partial charge >= 0.3 is 6.03 Å². The third-order valence-corrected chi connectivity index (χ3v) is 2.14. The summed E-state index contributed by atoms with van der Waals surface area (Å²) >= 11 is 0. The van der Waals surface area contributed by atoms with Crippen molar-refractivity contribution in [1.82, 2.24) is 10.2 Å². The number of benzene rings is 1. The molecule has 0 atom stereocenters. The number of carbonyl (C=O) groups excluding carboxylic acids is 1. The summed E-state index contributed by atoms with van der Waals surface area (Å²) in [6.45, 7) is 1.49. The number of rotatable bonds is 2. The van der Waals surface area contributed by atoms with Crippen molar-refractivity contribution in [2.45, 2.75) is 0 Å². The molecule has 1 heterocycles. The molecular formula is C11H12N2O. The Morgan fingerprint density at radius 1 is 1.29 bits per heavy atom. The van der Waals surface area contributed by atoms with E-state index < -0.39 is 0 Å². The smallest absolute Gasteiger partial charge is 0.321 e. The van der Waals surface area contributed by atoms with Crippen LogP contribution in [0, 0.1) is 0 Å². The van der Waals surface area contributed by atoms with Crippen LogP contribution in [0.25, 0.3) is 6.08 Å². The zero-order valence-corrected chi connectivity index (χ0v) is 7.81. The van der Waals surface area contributed by atoms with Crippen molar-refractivity contribution < 1.29 is 4.79 Å². The second-order valence-corrected chi connectivity index (χ2v) is 3.15. The molecule has 1 N–H and O–H groups in total. The number of amides is 2. The van der Waals surface area contributed by atoms with Crippen LogP contribution in [0.15, 0.2) is 36.5 Å². The van der Waals surface area contributed by atoms with Crippen LogP contribution < -0.4 is 5.32 Å². The molecule has 1 aliphatic rings. The van der Waals surface area contributed by atoms with Crippen molar-refractivity contribution in [3.8, 4) is 0 Å². The van der Waals surface area contributed by atoms with Crippen LogP contribution in [0.1, 0.15) is 5.56 Å². The molecule has 2 rings (SSSR count). The molecule has 3 nitrogen and oxygen atoms in total. The van der Waals surface area contributed by atoms with Crippen LogP contribution in [0.5, 0.6) is 0 Å². The molecular weight excluding hydrogens is 176 g/mol. The van der Waals surface area contributed by atoms with E-state index >= 15 is 0 Å². The number of nitrogens with one attached hydrogen (secondary N) is 1. The molecule has 14 heavy (non-hydrogen) atoms. The topological polar surface area (TPSA) is 32.3 Å². The van der Waals surface area contributed by atoms with E-state index in [1.54, 1.807) is 4.90 Å². The Labute approximate surface area is 83.0 Å². The van der Waals surface area contributed by atoms with Crippen molar-refractivity contribution >= 4 is 12.1 Å². The van der Waals surface area contributed by atoms with E-state index in [4.69, 9.17) is 0 Å². The second-order valence-electron chi connectivity index (χ2n) is 3.15. The largest absolute Gasteiger partial charge is 0.336 e. The van der Waals surface area contributed by atoms with Gasteiger partial charge in [0.15, 0.2) is 0 Å². The average Bonchev–Trinajstić information content (AvgIpc) is 2.63. The first-order valence-corrected chi connectivity index (χ1v) is 4.64. The fourth-order valence-electron chi connectivity index (χ4n) is 1.37. The molecule has 0 spiro atoms. The summed E-state index contributed by atoms with van der Waals surface area (Å²) in [5.74, 6) is 0. The molecule has 0 unspecified atom stereocenters. The summed E-state index contributed by atoms with van der Waals surface area (Å²) in [4.78, 5) is 12.8. The Hall–Kier alpha value is -1.77. The molecule has 0 saturated carbocycles. The van der Waals surface area contributed by atoms with Gasteiger partial charge in [-0.1, -0.05) is 30.3 Å². The van der Waals surface area contributed by atoms with Crippen LogP contribution in [0.2, 0.25) is 0 Å². The highest BCUT2D eigenvalue weighted by Gasteiger charge is 2.15. The first-order valence-electron chi connectivity index (χ1n) is 4.64. The highest BCUT2D eigenvalue weighted by atomic mass is 16.2. The molecule has 1 aliphatic heterocycles. The zero-order valence-electron chi connectivity index (χ0n) is 7.81. The molecule has 1 aromatic rings. The molecule has 72 valence electrons. The number of urea groups is 1. The normalized spacial score (nSPS) is 16.3. The van der Waals surface area contributed by atoms with Crippen molar-refractivity contribution in [3.63, 3.8) is 0 Å². The highest BCUT2D eigenvalue weighted by molar-refractivity contribution is 5.78. The van der Waals surface area contributed by atoms with Gasteiger partial charge in [-0.3, -0.25) is 4.90 Å². The summed E-state index contributed by atoms with van der Waals surface area (Å²) in [6.07, 6.45) is 3.75. The first kappa shape index (κ1) is 8.81. The lowest BCUT2D eigenvalue weighted by Gasteiger charge is -2.06. The highest BCUT2D eigenvalue weighted by Crippen LogP contribution is 2.04. The maximum absolute atomic E-state index is 11.2. The minimum absolute atomic E-state index is 0.0165. The molecule has 0 aromatic heterocycles. The predicted octanol–water partition coefficient (Wildman–Crippen LogP) is 1.68. The monoisotopic (exact) mass is 188 g/mol. The number of nitrogens with zero attached hydrogens (tertiary/aromatic N) is 1. The minimum atomic E-state index is -0.0165. The van der Waals surface area contributed by atoms with Crippen LogP contribution >= 0.6 is 0 Å². The predicted molar refractivity (Wildman–Crippen MR) is 55.6 cm³/mol. The van der Waals surface area contributed by atoms with Gasteiger partial charge in [0.2, 0.25) is 0 Å². The van der Waals surface area contributed by atoms with Crippen LogP contribution in [0.3, 0.4) is 0 Å². The van der Waals surface area contributed by atoms with Gasteiger partial charge in [-0.25, -0.2) is 4.79 Å². The van der Waals surface area contributed by atoms with Gasteiger partial charge in [-0.15, -0.1) is 0 Å². The van der Waals surface area contributed by atoms with Gasteiger partial charge in [0.1, 0.15) is 0 Å². The number of hydrogen-bond donors (Lipinski definition) is 1.